The zero-order chi connectivity index (χ0) is 13.0. The molecule has 0 fully saturated rings. The molecule has 0 saturated heterocycles. The van der Waals surface area contributed by atoms with E-state index in [4.69, 9.17) is 9.84 Å². The van der Waals surface area contributed by atoms with Crippen molar-refractivity contribution < 1.29 is 14.6 Å². The molecule has 6 heteroatoms. The van der Waals surface area contributed by atoms with Gasteiger partial charge in [-0.1, -0.05) is 12.1 Å². The molecule has 0 aliphatic rings. The van der Waals surface area contributed by atoms with E-state index in [0.29, 0.717) is 11.3 Å². The fraction of sp³-hybridized carbons (Fsp3) is 0.0833. The van der Waals surface area contributed by atoms with E-state index in [0.717, 1.165) is 0 Å². The highest BCUT2D eigenvalue weighted by molar-refractivity contribution is 5.70. The smallest absolute Gasteiger partial charge is 0.311 e. The number of aromatic nitrogens is 2. The predicted molar refractivity (Wildman–Crippen MR) is 62.7 cm³/mol. The highest BCUT2D eigenvalue weighted by atomic mass is 16.5. The first kappa shape index (κ1) is 11.8. The molecule has 0 atom stereocenters. The van der Waals surface area contributed by atoms with Gasteiger partial charge >= 0.3 is 11.5 Å². The molecular weight excluding hydrogens is 236 g/mol. The van der Waals surface area contributed by atoms with Crippen LogP contribution in [-0.2, 0) is 11.2 Å². The van der Waals surface area contributed by atoms with Crippen LogP contribution in [0, 0.1) is 0 Å². The Balaban J connectivity index is 2.14. The van der Waals surface area contributed by atoms with Gasteiger partial charge < -0.3 is 14.8 Å². The summed E-state index contributed by atoms with van der Waals surface area (Å²) in [4.78, 5) is 28.0. The SMILES string of the molecule is O=C(O)Cc1ccc(Oc2ncc[nH]c2=O)cc1. The van der Waals surface area contributed by atoms with Gasteiger partial charge in [-0.3, -0.25) is 9.59 Å². The summed E-state index contributed by atoms with van der Waals surface area (Å²) in [6.45, 7) is 0. The normalized spacial score (nSPS) is 10.0. The molecule has 0 saturated carbocycles. The Hall–Kier alpha value is -2.63. The van der Waals surface area contributed by atoms with Crippen molar-refractivity contribution in [3.8, 4) is 11.6 Å². The third-order valence-electron chi connectivity index (χ3n) is 2.17. The molecule has 0 spiro atoms. The molecule has 6 nitrogen and oxygen atoms in total. The second-order valence-electron chi connectivity index (χ2n) is 3.54. The van der Waals surface area contributed by atoms with Crippen LogP contribution in [0.2, 0.25) is 0 Å². The maximum absolute atomic E-state index is 11.3. The number of hydrogen-bond donors (Lipinski definition) is 2. The lowest BCUT2D eigenvalue weighted by molar-refractivity contribution is -0.136. The average Bonchev–Trinajstić information content (AvgIpc) is 2.34. The molecule has 1 aromatic carbocycles. The molecule has 2 N–H and O–H groups in total. The molecule has 0 radical (unpaired) electrons. The van der Waals surface area contributed by atoms with Crippen LogP contribution in [0.15, 0.2) is 41.5 Å². The molecule has 18 heavy (non-hydrogen) atoms. The van der Waals surface area contributed by atoms with Gasteiger partial charge in [-0.05, 0) is 17.7 Å². The fourth-order valence-corrected chi connectivity index (χ4v) is 1.37. The van der Waals surface area contributed by atoms with E-state index < -0.39 is 11.5 Å². The van der Waals surface area contributed by atoms with Crippen molar-refractivity contribution in [2.75, 3.05) is 0 Å². The van der Waals surface area contributed by atoms with Crippen molar-refractivity contribution in [3.63, 3.8) is 0 Å². The third kappa shape index (κ3) is 2.94. The number of H-pyrrole nitrogens is 1. The lowest BCUT2D eigenvalue weighted by atomic mass is 10.1. The number of rotatable bonds is 4. The highest BCUT2D eigenvalue weighted by Crippen LogP contribution is 2.16. The molecule has 0 unspecified atom stereocenters. The lowest BCUT2D eigenvalue weighted by Gasteiger charge is -2.03. The van der Waals surface area contributed by atoms with Gasteiger partial charge in [-0.25, -0.2) is 4.98 Å². The summed E-state index contributed by atoms with van der Waals surface area (Å²) in [6, 6.07) is 6.43. The predicted octanol–water partition coefficient (Wildman–Crippen LogP) is 1.19. The van der Waals surface area contributed by atoms with E-state index >= 15 is 0 Å². The van der Waals surface area contributed by atoms with E-state index in [2.05, 4.69) is 9.97 Å². The molecule has 1 aromatic heterocycles. The van der Waals surface area contributed by atoms with Crippen molar-refractivity contribution in [2.45, 2.75) is 6.42 Å². The zero-order valence-electron chi connectivity index (χ0n) is 9.29. The number of carboxylic acid groups (broad SMARTS) is 1. The van der Waals surface area contributed by atoms with Gasteiger partial charge in [-0.15, -0.1) is 0 Å². The number of nitrogens with one attached hydrogen (secondary N) is 1. The Morgan fingerprint density at radius 2 is 2.06 bits per heavy atom. The maximum Gasteiger partial charge on any atom is 0.311 e. The number of carboxylic acids is 1. The van der Waals surface area contributed by atoms with E-state index in [1.807, 2.05) is 0 Å². The zero-order valence-corrected chi connectivity index (χ0v) is 9.29. The molecule has 0 amide bonds. The molecule has 0 aliphatic heterocycles. The van der Waals surface area contributed by atoms with Crippen molar-refractivity contribution in [1.82, 2.24) is 9.97 Å². The van der Waals surface area contributed by atoms with Crippen LogP contribution in [0.4, 0.5) is 0 Å². The van der Waals surface area contributed by atoms with E-state index in [9.17, 15) is 9.59 Å². The van der Waals surface area contributed by atoms with Gasteiger partial charge in [0.1, 0.15) is 5.75 Å². The fourth-order valence-electron chi connectivity index (χ4n) is 1.37. The molecule has 2 rings (SSSR count). The van der Waals surface area contributed by atoms with Crippen LogP contribution in [0.1, 0.15) is 5.56 Å². The number of benzene rings is 1. The Morgan fingerprint density at radius 1 is 1.33 bits per heavy atom. The second-order valence-corrected chi connectivity index (χ2v) is 3.54. The van der Waals surface area contributed by atoms with E-state index in [1.54, 1.807) is 24.3 Å². The molecule has 2 aromatic rings. The van der Waals surface area contributed by atoms with Crippen molar-refractivity contribution in [1.29, 1.82) is 0 Å². The van der Waals surface area contributed by atoms with Gasteiger partial charge in [0, 0.05) is 12.4 Å². The molecule has 0 aliphatic carbocycles. The summed E-state index contributed by atoms with van der Waals surface area (Å²) in [5.41, 5.74) is 0.233. The largest absolute Gasteiger partial charge is 0.481 e. The van der Waals surface area contributed by atoms with Crippen LogP contribution in [-0.4, -0.2) is 21.0 Å². The Morgan fingerprint density at radius 3 is 2.67 bits per heavy atom. The number of hydrogen-bond acceptors (Lipinski definition) is 4. The van der Waals surface area contributed by atoms with Gasteiger partial charge in [0.15, 0.2) is 0 Å². The number of nitrogens with zero attached hydrogens (tertiary/aromatic N) is 1. The monoisotopic (exact) mass is 246 g/mol. The summed E-state index contributed by atoms with van der Waals surface area (Å²) in [6.07, 6.45) is 2.77. The van der Waals surface area contributed by atoms with Gasteiger partial charge in [0.2, 0.25) is 0 Å². The molecular formula is C12H10N2O4. The molecule has 92 valence electrons. The van der Waals surface area contributed by atoms with Gasteiger partial charge in [0.25, 0.3) is 5.88 Å². The van der Waals surface area contributed by atoms with Crippen molar-refractivity contribution in [3.05, 3.63) is 52.6 Å². The second kappa shape index (κ2) is 5.13. The van der Waals surface area contributed by atoms with Crippen molar-refractivity contribution in [2.24, 2.45) is 0 Å². The first-order valence-corrected chi connectivity index (χ1v) is 5.17. The standard InChI is InChI=1S/C12H10N2O4/c15-10(16)7-8-1-3-9(4-2-8)18-12-11(17)13-5-6-14-12/h1-6H,7H2,(H,13,17)(H,15,16). The minimum atomic E-state index is -0.898. The average molecular weight is 246 g/mol. The van der Waals surface area contributed by atoms with Crippen LogP contribution >= 0.6 is 0 Å². The van der Waals surface area contributed by atoms with E-state index in [-0.39, 0.29) is 12.3 Å². The van der Waals surface area contributed by atoms with Crippen LogP contribution in [0.5, 0.6) is 11.6 Å². The summed E-state index contributed by atoms with van der Waals surface area (Å²) in [5.74, 6) is -0.526. The number of aliphatic carboxylic acids is 1. The summed E-state index contributed by atoms with van der Waals surface area (Å²) >= 11 is 0. The number of aromatic amines is 1. The highest BCUT2D eigenvalue weighted by Gasteiger charge is 2.04. The summed E-state index contributed by atoms with van der Waals surface area (Å²) in [7, 11) is 0. The quantitative estimate of drug-likeness (QED) is 0.845. The van der Waals surface area contributed by atoms with Crippen LogP contribution in [0.3, 0.4) is 0 Å². The van der Waals surface area contributed by atoms with Crippen LogP contribution in [0.25, 0.3) is 0 Å². The third-order valence-corrected chi connectivity index (χ3v) is 2.17. The van der Waals surface area contributed by atoms with Gasteiger partial charge in [-0.2, -0.15) is 0 Å². The number of carbonyl (C=O) groups is 1. The lowest BCUT2D eigenvalue weighted by Crippen LogP contribution is -2.09. The minimum Gasteiger partial charge on any atom is -0.481 e. The molecule has 0 bridgehead atoms. The Labute approximate surface area is 102 Å². The van der Waals surface area contributed by atoms with E-state index in [1.165, 1.54) is 12.4 Å². The number of ether oxygens (including phenoxy) is 1. The van der Waals surface area contributed by atoms with Crippen LogP contribution < -0.4 is 10.3 Å². The Bertz CT molecular complexity index is 604. The van der Waals surface area contributed by atoms with Crippen molar-refractivity contribution >= 4 is 5.97 Å². The first-order chi connectivity index (χ1) is 8.65. The topological polar surface area (TPSA) is 92.3 Å². The van der Waals surface area contributed by atoms with Gasteiger partial charge in [0.05, 0.1) is 6.42 Å². The molecule has 1 heterocycles. The maximum atomic E-state index is 11.3. The summed E-state index contributed by atoms with van der Waals surface area (Å²) < 4.78 is 5.27. The minimum absolute atomic E-state index is 0.0511. The Kier molecular flexibility index (Phi) is 3.38. The first-order valence-electron chi connectivity index (χ1n) is 5.17. The summed E-state index contributed by atoms with van der Waals surface area (Å²) in [5, 5.41) is 8.62.